The van der Waals surface area contributed by atoms with E-state index in [2.05, 4.69) is 0 Å². The van der Waals surface area contributed by atoms with Gasteiger partial charge >= 0.3 is 5.97 Å². The molecule has 0 N–H and O–H groups in total. The number of hydrogen-bond donors (Lipinski definition) is 0. The van der Waals surface area contributed by atoms with Gasteiger partial charge in [-0.2, -0.15) is 0 Å². The van der Waals surface area contributed by atoms with Gasteiger partial charge < -0.3 is 14.2 Å². The first kappa shape index (κ1) is 12.6. The minimum Gasteiger partial charge on any atom is -0.496 e. The summed E-state index contributed by atoms with van der Waals surface area (Å²) in [6.07, 6.45) is 0. The molecule has 0 aliphatic heterocycles. The summed E-state index contributed by atoms with van der Waals surface area (Å²) in [6.45, 7) is 1.99. The van der Waals surface area contributed by atoms with E-state index in [0.717, 1.165) is 0 Å². The highest BCUT2D eigenvalue weighted by molar-refractivity contribution is 6.35. The van der Waals surface area contributed by atoms with Gasteiger partial charge in [0.25, 0.3) is 0 Å². The van der Waals surface area contributed by atoms with Crippen molar-refractivity contribution < 1.29 is 19.0 Å². The molecule has 0 amide bonds. The second kappa shape index (κ2) is 5.61. The summed E-state index contributed by atoms with van der Waals surface area (Å²) in [6, 6.07) is 3.24. The second-order valence-electron chi connectivity index (χ2n) is 2.88. The van der Waals surface area contributed by atoms with E-state index in [0.29, 0.717) is 11.5 Å². The molecule has 5 heteroatoms. The molecule has 0 fully saturated rings. The molecule has 88 valence electrons. The summed E-state index contributed by atoms with van der Waals surface area (Å²) >= 11 is 6.02. The monoisotopic (exact) mass is 244 g/mol. The van der Waals surface area contributed by atoms with Crippen LogP contribution in [0.15, 0.2) is 12.1 Å². The van der Waals surface area contributed by atoms with Crippen molar-refractivity contribution in [3.05, 3.63) is 22.7 Å². The second-order valence-corrected chi connectivity index (χ2v) is 3.26. The summed E-state index contributed by atoms with van der Waals surface area (Å²) in [4.78, 5) is 11.7. The lowest BCUT2D eigenvalue weighted by molar-refractivity contribution is 0.0522. The Morgan fingerprint density at radius 3 is 2.31 bits per heavy atom. The Balaban J connectivity index is 3.26. The standard InChI is InChI=1S/C11H13ClO4/c1-4-16-11(13)9-7(14-2)5-6-8(15-3)10(9)12/h5-6H,4H2,1-3H3. The summed E-state index contributed by atoms with van der Waals surface area (Å²) in [7, 11) is 2.93. The molecule has 0 bridgehead atoms. The smallest absolute Gasteiger partial charge is 0.343 e. The molecule has 0 aliphatic rings. The van der Waals surface area contributed by atoms with E-state index < -0.39 is 5.97 Å². The third kappa shape index (κ3) is 2.39. The van der Waals surface area contributed by atoms with E-state index >= 15 is 0 Å². The summed E-state index contributed by atoms with van der Waals surface area (Å²) in [5.41, 5.74) is 0.186. The van der Waals surface area contributed by atoms with E-state index in [4.69, 9.17) is 25.8 Å². The fourth-order valence-corrected chi connectivity index (χ4v) is 1.57. The third-order valence-corrected chi connectivity index (χ3v) is 2.36. The van der Waals surface area contributed by atoms with Gasteiger partial charge in [-0.25, -0.2) is 4.79 Å². The van der Waals surface area contributed by atoms with Crippen molar-refractivity contribution in [1.29, 1.82) is 0 Å². The Hall–Kier alpha value is -1.42. The fraction of sp³-hybridized carbons (Fsp3) is 0.364. The Morgan fingerprint density at radius 2 is 1.81 bits per heavy atom. The van der Waals surface area contributed by atoms with Crippen LogP contribution in [-0.4, -0.2) is 26.8 Å². The minimum atomic E-state index is -0.525. The van der Waals surface area contributed by atoms with Gasteiger partial charge in [-0.15, -0.1) is 0 Å². The van der Waals surface area contributed by atoms with Crippen molar-refractivity contribution in [2.24, 2.45) is 0 Å². The molecule has 4 nitrogen and oxygen atoms in total. The molecular weight excluding hydrogens is 232 g/mol. The van der Waals surface area contributed by atoms with Crippen LogP contribution in [0.3, 0.4) is 0 Å². The Labute approximate surface area is 99.1 Å². The van der Waals surface area contributed by atoms with Gasteiger partial charge in [0.2, 0.25) is 0 Å². The van der Waals surface area contributed by atoms with Crippen molar-refractivity contribution >= 4 is 17.6 Å². The number of carbonyl (C=O) groups is 1. The molecule has 0 saturated heterocycles. The average molecular weight is 245 g/mol. The quantitative estimate of drug-likeness (QED) is 0.764. The molecule has 0 unspecified atom stereocenters. The SMILES string of the molecule is CCOC(=O)c1c(OC)ccc(OC)c1Cl. The average Bonchev–Trinajstić information content (AvgIpc) is 2.28. The van der Waals surface area contributed by atoms with Gasteiger partial charge in [0, 0.05) is 0 Å². The first-order valence-electron chi connectivity index (χ1n) is 4.73. The molecular formula is C11H13ClO4. The molecule has 0 heterocycles. The maximum absolute atomic E-state index is 11.7. The van der Waals surface area contributed by atoms with Gasteiger partial charge in [-0.3, -0.25) is 0 Å². The number of carbonyl (C=O) groups excluding carboxylic acids is 1. The Kier molecular flexibility index (Phi) is 4.43. The van der Waals surface area contributed by atoms with Gasteiger partial charge in [0.05, 0.1) is 20.8 Å². The van der Waals surface area contributed by atoms with Crippen molar-refractivity contribution in [2.45, 2.75) is 6.92 Å². The highest BCUT2D eigenvalue weighted by Gasteiger charge is 2.20. The van der Waals surface area contributed by atoms with Crippen LogP contribution < -0.4 is 9.47 Å². The van der Waals surface area contributed by atoms with Crippen LogP contribution in [0.1, 0.15) is 17.3 Å². The lowest BCUT2D eigenvalue weighted by Crippen LogP contribution is -2.08. The zero-order valence-electron chi connectivity index (χ0n) is 9.37. The van der Waals surface area contributed by atoms with E-state index in [1.54, 1.807) is 19.1 Å². The molecule has 16 heavy (non-hydrogen) atoms. The molecule has 0 aromatic heterocycles. The van der Waals surface area contributed by atoms with Crippen LogP contribution in [0.5, 0.6) is 11.5 Å². The Morgan fingerprint density at radius 1 is 1.25 bits per heavy atom. The van der Waals surface area contributed by atoms with Crippen LogP contribution in [0.2, 0.25) is 5.02 Å². The zero-order chi connectivity index (χ0) is 12.1. The number of hydrogen-bond acceptors (Lipinski definition) is 4. The van der Waals surface area contributed by atoms with Crippen molar-refractivity contribution in [3.63, 3.8) is 0 Å². The molecule has 0 radical (unpaired) electrons. The van der Waals surface area contributed by atoms with Gasteiger partial charge in [-0.1, -0.05) is 11.6 Å². The van der Waals surface area contributed by atoms with Gasteiger partial charge in [0.15, 0.2) is 0 Å². The predicted octanol–water partition coefficient (Wildman–Crippen LogP) is 2.53. The summed E-state index contributed by atoms with van der Waals surface area (Å²) in [5.74, 6) is 0.248. The normalized spacial score (nSPS) is 9.75. The fourth-order valence-electron chi connectivity index (χ4n) is 1.26. The van der Waals surface area contributed by atoms with Crippen LogP contribution in [0.25, 0.3) is 0 Å². The number of benzene rings is 1. The Bertz CT molecular complexity index is 390. The molecule has 0 atom stereocenters. The van der Waals surface area contributed by atoms with Crippen LogP contribution in [0, 0.1) is 0 Å². The molecule has 1 rings (SSSR count). The molecule has 0 aliphatic carbocycles. The highest BCUT2D eigenvalue weighted by atomic mass is 35.5. The highest BCUT2D eigenvalue weighted by Crippen LogP contribution is 2.35. The third-order valence-electron chi connectivity index (χ3n) is 1.99. The molecule has 1 aromatic carbocycles. The maximum atomic E-state index is 11.7. The van der Waals surface area contributed by atoms with Crippen molar-refractivity contribution in [2.75, 3.05) is 20.8 Å². The number of ether oxygens (including phenoxy) is 3. The van der Waals surface area contributed by atoms with Gasteiger partial charge in [0.1, 0.15) is 22.1 Å². The lowest BCUT2D eigenvalue weighted by Gasteiger charge is -2.12. The van der Waals surface area contributed by atoms with Gasteiger partial charge in [-0.05, 0) is 19.1 Å². The number of rotatable bonds is 4. The first-order valence-corrected chi connectivity index (χ1v) is 5.11. The van der Waals surface area contributed by atoms with E-state index in [1.165, 1.54) is 14.2 Å². The summed E-state index contributed by atoms with van der Waals surface area (Å²) < 4.78 is 15.0. The number of methoxy groups -OCH3 is 2. The molecule has 1 aromatic rings. The van der Waals surface area contributed by atoms with Crippen LogP contribution >= 0.6 is 11.6 Å². The lowest BCUT2D eigenvalue weighted by atomic mass is 10.2. The predicted molar refractivity (Wildman–Crippen MR) is 60.5 cm³/mol. The van der Waals surface area contributed by atoms with Crippen LogP contribution in [-0.2, 0) is 4.74 Å². The van der Waals surface area contributed by atoms with Crippen molar-refractivity contribution in [3.8, 4) is 11.5 Å². The van der Waals surface area contributed by atoms with E-state index in [1.807, 2.05) is 0 Å². The molecule has 0 saturated carbocycles. The van der Waals surface area contributed by atoms with E-state index in [-0.39, 0.29) is 17.2 Å². The van der Waals surface area contributed by atoms with Crippen LogP contribution in [0.4, 0.5) is 0 Å². The number of esters is 1. The zero-order valence-corrected chi connectivity index (χ0v) is 10.1. The van der Waals surface area contributed by atoms with Crippen molar-refractivity contribution in [1.82, 2.24) is 0 Å². The molecule has 0 spiro atoms. The minimum absolute atomic E-state index is 0.186. The maximum Gasteiger partial charge on any atom is 0.343 e. The topological polar surface area (TPSA) is 44.8 Å². The van der Waals surface area contributed by atoms with E-state index in [9.17, 15) is 4.79 Å². The number of halogens is 1. The largest absolute Gasteiger partial charge is 0.496 e. The summed E-state index contributed by atoms with van der Waals surface area (Å²) in [5, 5.41) is 0.195. The first-order chi connectivity index (χ1) is 7.65.